The van der Waals surface area contributed by atoms with Gasteiger partial charge in [-0.15, -0.1) is 0 Å². The maximum Gasteiger partial charge on any atom is 0.338 e. The summed E-state index contributed by atoms with van der Waals surface area (Å²) in [6, 6.07) is 13.2. The lowest BCUT2D eigenvalue weighted by atomic mass is 9.93. The summed E-state index contributed by atoms with van der Waals surface area (Å²) >= 11 is 1.24. The van der Waals surface area contributed by atoms with Crippen molar-refractivity contribution in [2.45, 2.75) is 32.7 Å². The normalized spacial score (nSPS) is 16.2. The number of hydrogen-bond acceptors (Lipinski definition) is 5. The van der Waals surface area contributed by atoms with Gasteiger partial charge in [-0.25, -0.2) is 14.2 Å². The number of carbonyl (C=O) groups excluding carboxylic acids is 1. The second-order valence-electron chi connectivity index (χ2n) is 7.95. The van der Waals surface area contributed by atoms with Gasteiger partial charge < -0.3 is 4.74 Å². The van der Waals surface area contributed by atoms with Gasteiger partial charge in [-0.2, -0.15) is 0 Å². The van der Waals surface area contributed by atoms with E-state index < -0.39 is 12.0 Å². The smallest absolute Gasteiger partial charge is 0.338 e. The molecule has 0 amide bonds. The highest BCUT2D eigenvalue weighted by atomic mass is 32.1. The van der Waals surface area contributed by atoms with Gasteiger partial charge in [0.25, 0.3) is 5.56 Å². The Bertz CT molecular complexity index is 1380. The number of carbonyl (C=O) groups is 1. The molecule has 3 aromatic rings. The zero-order valence-corrected chi connectivity index (χ0v) is 19.1. The Hall–Kier alpha value is -3.32. The lowest BCUT2D eigenvalue weighted by molar-refractivity contribution is -0.136. The second-order valence-corrected chi connectivity index (χ2v) is 8.96. The number of thiazole rings is 1. The molecule has 0 aliphatic carbocycles. The average molecular weight is 451 g/mol. The maximum atomic E-state index is 13.4. The number of methoxy groups -OCH3 is 1. The van der Waals surface area contributed by atoms with E-state index in [0.717, 1.165) is 11.1 Å². The molecule has 1 aliphatic heterocycles. The first-order chi connectivity index (χ1) is 15.3. The van der Waals surface area contributed by atoms with Crippen LogP contribution in [-0.2, 0) is 9.53 Å². The van der Waals surface area contributed by atoms with Gasteiger partial charge in [0.15, 0.2) is 4.80 Å². The Balaban J connectivity index is 1.93. The van der Waals surface area contributed by atoms with Crippen LogP contribution in [0.2, 0.25) is 0 Å². The monoisotopic (exact) mass is 450 g/mol. The highest BCUT2D eigenvalue weighted by Gasteiger charge is 2.33. The third-order valence-corrected chi connectivity index (χ3v) is 6.50. The predicted octanol–water partition coefficient (Wildman–Crippen LogP) is 3.67. The van der Waals surface area contributed by atoms with Crippen LogP contribution in [0.15, 0.2) is 69.6 Å². The molecule has 0 N–H and O–H groups in total. The first-order valence-corrected chi connectivity index (χ1v) is 11.1. The SMILES string of the molecule is COC(=O)C1=C(C)N=c2s/c(=C\c3ccc(F)cc3)c(=O)n2[C@H]1c1ccc(C(C)C)cc1. The molecule has 4 rings (SSSR count). The summed E-state index contributed by atoms with van der Waals surface area (Å²) in [5.41, 5.74) is 3.27. The number of rotatable bonds is 4. The molecule has 1 aliphatic rings. The first kappa shape index (κ1) is 21.9. The Kier molecular flexibility index (Phi) is 5.93. The summed E-state index contributed by atoms with van der Waals surface area (Å²) in [6.45, 7) is 5.97. The summed E-state index contributed by atoms with van der Waals surface area (Å²) in [5.74, 6) is -0.497. The number of nitrogens with zero attached hydrogens (tertiary/aromatic N) is 2. The molecule has 0 saturated heterocycles. The number of esters is 1. The van der Waals surface area contributed by atoms with E-state index in [1.807, 2.05) is 24.3 Å². The van der Waals surface area contributed by atoms with Crippen molar-refractivity contribution in [3.05, 3.63) is 102 Å². The third-order valence-electron chi connectivity index (χ3n) is 5.51. The molecule has 1 aromatic heterocycles. The van der Waals surface area contributed by atoms with Gasteiger partial charge in [0.2, 0.25) is 0 Å². The zero-order chi connectivity index (χ0) is 23.0. The summed E-state index contributed by atoms with van der Waals surface area (Å²) in [4.78, 5) is 31.2. The van der Waals surface area contributed by atoms with Gasteiger partial charge in [0, 0.05) is 0 Å². The fourth-order valence-corrected chi connectivity index (χ4v) is 4.83. The second kappa shape index (κ2) is 8.67. The van der Waals surface area contributed by atoms with Crippen LogP contribution in [0.3, 0.4) is 0 Å². The van der Waals surface area contributed by atoms with Crippen molar-refractivity contribution >= 4 is 23.4 Å². The van der Waals surface area contributed by atoms with Crippen LogP contribution in [0.1, 0.15) is 49.4 Å². The molecule has 0 fully saturated rings. The molecule has 1 atom stereocenters. The van der Waals surface area contributed by atoms with Gasteiger partial charge in [0.1, 0.15) is 5.82 Å². The number of allylic oxidation sites excluding steroid dienone is 1. The van der Waals surface area contributed by atoms with Gasteiger partial charge in [-0.1, -0.05) is 61.6 Å². The summed E-state index contributed by atoms with van der Waals surface area (Å²) in [5, 5.41) is 0. The van der Waals surface area contributed by atoms with E-state index >= 15 is 0 Å². The van der Waals surface area contributed by atoms with Gasteiger partial charge in [-0.05, 0) is 47.7 Å². The van der Waals surface area contributed by atoms with Crippen molar-refractivity contribution in [2.24, 2.45) is 4.99 Å². The van der Waals surface area contributed by atoms with Gasteiger partial charge in [-0.3, -0.25) is 9.36 Å². The molecule has 0 radical (unpaired) electrons. The molecular weight excluding hydrogens is 427 g/mol. The number of fused-ring (bicyclic) bond motifs is 1. The molecule has 0 bridgehead atoms. The van der Waals surface area contributed by atoms with Crippen LogP contribution < -0.4 is 14.9 Å². The molecule has 0 spiro atoms. The van der Waals surface area contributed by atoms with Crippen molar-refractivity contribution < 1.29 is 13.9 Å². The zero-order valence-electron chi connectivity index (χ0n) is 18.3. The van der Waals surface area contributed by atoms with Crippen LogP contribution in [-0.4, -0.2) is 17.6 Å². The molecule has 32 heavy (non-hydrogen) atoms. The van der Waals surface area contributed by atoms with Gasteiger partial charge >= 0.3 is 5.97 Å². The molecule has 2 aromatic carbocycles. The van der Waals surface area contributed by atoms with E-state index in [0.29, 0.717) is 32.1 Å². The van der Waals surface area contributed by atoms with Crippen LogP contribution in [0.25, 0.3) is 6.08 Å². The number of halogens is 1. The van der Waals surface area contributed by atoms with Crippen molar-refractivity contribution in [3.8, 4) is 0 Å². The van der Waals surface area contributed by atoms with Crippen molar-refractivity contribution in [1.29, 1.82) is 0 Å². The van der Waals surface area contributed by atoms with Crippen LogP contribution in [0.4, 0.5) is 4.39 Å². The Morgan fingerprint density at radius 3 is 2.41 bits per heavy atom. The predicted molar refractivity (Wildman–Crippen MR) is 123 cm³/mol. The van der Waals surface area contributed by atoms with E-state index in [1.165, 1.54) is 30.6 Å². The van der Waals surface area contributed by atoms with Crippen LogP contribution >= 0.6 is 11.3 Å². The fourth-order valence-electron chi connectivity index (χ4n) is 3.78. The largest absolute Gasteiger partial charge is 0.466 e. The topological polar surface area (TPSA) is 60.7 Å². The van der Waals surface area contributed by atoms with E-state index in [-0.39, 0.29) is 11.4 Å². The van der Waals surface area contributed by atoms with Crippen molar-refractivity contribution in [2.75, 3.05) is 7.11 Å². The molecule has 7 heteroatoms. The minimum Gasteiger partial charge on any atom is -0.466 e. The maximum absolute atomic E-state index is 13.4. The van der Waals surface area contributed by atoms with E-state index in [2.05, 4.69) is 18.8 Å². The Morgan fingerprint density at radius 2 is 1.81 bits per heavy atom. The van der Waals surface area contributed by atoms with E-state index in [4.69, 9.17) is 4.74 Å². The number of hydrogen-bond donors (Lipinski definition) is 0. The van der Waals surface area contributed by atoms with Crippen molar-refractivity contribution in [3.63, 3.8) is 0 Å². The summed E-state index contributed by atoms with van der Waals surface area (Å²) in [6.07, 6.45) is 1.71. The lowest BCUT2D eigenvalue weighted by Gasteiger charge is -2.24. The number of aromatic nitrogens is 1. The fraction of sp³-hybridized carbons (Fsp3) is 0.240. The minimum absolute atomic E-state index is 0.259. The summed E-state index contributed by atoms with van der Waals surface area (Å²) in [7, 11) is 1.32. The average Bonchev–Trinajstić information content (AvgIpc) is 3.08. The highest BCUT2D eigenvalue weighted by Crippen LogP contribution is 2.31. The first-order valence-electron chi connectivity index (χ1n) is 10.3. The number of ether oxygens (including phenoxy) is 1. The standard InChI is InChI=1S/C25H23FN2O3S/c1-14(2)17-7-9-18(10-8-17)22-21(24(30)31-4)15(3)27-25-28(22)23(29)20(32-25)13-16-5-11-19(26)12-6-16/h5-14,22H,1-4H3/b20-13-/t22-/m0/s1. The Morgan fingerprint density at radius 1 is 1.16 bits per heavy atom. The molecule has 164 valence electrons. The highest BCUT2D eigenvalue weighted by molar-refractivity contribution is 7.07. The Labute approximate surface area is 188 Å². The number of benzene rings is 2. The molecule has 0 unspecified atom stereocenters. The minimum atomic E-state index is -0.643. The van der Waals surface area contributed by atoms with Crippen molar-refractivity contribution in [1.82, 2.24) is 4.57 Å². The van der Waals surface area contributed by atoms with Crippen LogP contribution in [0.5, 0.6) is 0 Å². The summed E-state index contributed by atoms with van der Waals surface area (Å²) < 4.78 is 20.3. The lowest BCUT2D eigenvalue weighted by Crippen LogP contribution is -2.39. The van der Waals surface area contributed by atoms with E-state index in [9.17, 15) is 14.0 Å². The molecule has 5 nitrogen and oxygen atoms in total. The van der Waals surface area contributed by atoms with E-state index in [1.54, 1.807) is 29.7 Å². The molecular formula is C25H23FN2O3S. The van der Waals surface area contributed by atoms with Crippen LogP contribution in [0, 0.1) is 5.82 Å². The molecule has 0 saturated carbocycles. The quantitative estimate of drug-likeness (QED) is 0.570. The third kappa shape index (κ3) is 3.96. The van der Waals surface area contributed by atoms with Gasteiger partial charge in [0.05, 0.1) is 29.0 Å². The molecule has 2 heterocycles.